The largest absolute Gasteiger partial charge is 0.478 e. The zero-order valence-corrected chi connectivity index (χ0v) is 12.6. The predicted octanol–water partition coefficient (Wildman–Crippen LogP) is 2.95. The summed E-state index contributed by atoms with van der Waals surface area (Å²) in [5, 5.41) is 9.34. The van der Waals surface area contributed by atoms with Crippen molar-refractivity contribution in [2.75, 3.05) is 19.8 Å². The first kappa shape index (κ1) is 16.3. The lowest BCUT2D eigenvalue weighted by Crippen LogP contribution is -2.28. The zero-order chi connectivity index (χ0) is 15.0. The predicted molar refractivity (Wildman–Crippen MR) is 77.1 cm³/mol. The summed E-state index contributed by atoms with van der Waals surface area (Å²) < 4.78 is 16.7. The molecule has 1 aliphatic rings. The molecule has 1 unspecified atom stereocenters. The van der Waals surface area contributed by atoms with Gasteiger partial charge in [-0.15, -0.1) is 0 Å². The van der Waals surface area contributed by atoms with Gasteiger partial charge in [-0.25, -0.2) is 0 Å². The van der Waals surface area contributed by atoms with E-state index in [-0.39, 0.29) is 0 Å². The van der Waals surface area contributed by atoms with Crippen molar-refractivity contribution in [3.8, 4) is 6.07 Å². The number of ether oxygens (including phenoxy) is 3. The molecule has 20 heavy (non-hydrogen) atoms. The van der Waals surface area contributed by atoms with Crippen LogP contribution in [0.25, 0.3) is 0 Å². The number of nitriles is 1. The van der Waals surface area contributed by atoms with Crippen LogP contribution in [0.5, 0.6) is 0 Å². The molecule has 1 aliphatic heterocycles. The molecule has 1 atom stereocenters. The van der Waals surface area contributed by atoms with Crippen molar-refractivity contribution in [3.63, 3.8) is 0 Å². The molecule has 0 fully saturated rings. The minimum atomic E-state index is -0.569. The molecule has 110 valence electrons. The standard InChI is InChI=1S/C15H22N2O3/c1-5-18-13-8-9-15(4,20-7-3)10-12(11-16)14(17-13)19-6-2/h8-9H,5-7,10H2,1-4H3/b9-8-,14-12-,17-13+. The highest BCUT2D eigenvalue weighted by molar-refractivity contribution is 5.88. The Labute approximate surface area is 120 Å². The number of hydrogen-bond donors (Lipinski definition) is 0. The van der Waals surface area contributed by atoms with Crippen LogP contribution in [0.15, 0.2) is 28.6 Å². The van der Waals surface area contributed by atoms with Crippen molar-refractivity contribution in [1.29, 1.82) is 5.26 Å². The third kappa shape index (κ3) is 4.39. The fourth-order valence-corrected chi connectivity index (χ4v) is 1.94. The van der Waals surface area contributed by atoms with Gasteiger partial charge in [-0.2, -0.15) is 10.3 Å². The number of rotatable bonds is 5. The Morgan fingerprint density at radius 3 is 2.50 bits per heavy atom. The van der Waals surface area contributed by atoms with Gasteiger partial charge in [0.2, 0.25) is 11.8 Å². The van der Waals surface area contributed by atoms with Crippen molar-refractivity contribution >= 4 is 5.90 Å². The molecule has 0 radical (unpaired) electrons. The second kappa shape index (κ2) is 7.71. The zero-order valence-electron chi connectivity index (χ0n) is 12.6. The summed E-state index contributed by atoms with van der Waals surface area (Å²) in [6.45, 7) is 9.09. The van der Waals surface area contributed by atoms with Crippen LogP contribution in [-0.2, 0) is 14.2 Å². The van der Waals surface area contributed by atoms with Gasteiger partial charge < -0.3 is 14.2 Å². The van der Waals surface area contributed by atoms with Crippen LogP contribution in [0, 0.1) is 11.3 Å². The lowest BCUT2D eigenvalue weighted by molar-refractivity contribution is 0.0137. The van der Waals surface area contributed by atoms with E-state index in [0.29, 0.717) is 43.6 Å². The Kier molecular flexibility index (Phi) is 6.26. The number of hydrogen-bond acceptors (Lipinski definition) is 5. The van der Waals surface area contributed by atoms with E-state index in [2.05, 4.69) is 11.1 Å². The lowest BCUT2D eigenvalue weighted by atomic mass is 9.95. The molecule has 5 heteroatoms. The van der Waals surface area contributed by atoms with Gasteiger partial charge in [0.1, 0.15) is 6.07 Å². The van der Waals surface area contributed by atoms with Crippen molar-refractivity contribution in [2.24, 2.45) is 4.99 Å². The Morgan fingerprint density at radius 1 is 1.25 bits per heavy atom. The molecule has 0 spiro atoms. The highest BCUT2D eigenvalue weighted by atomic mass is 16.5. The highest BCUT2D eigenvalue weighted by Crippen LogP contribution is 2.27. The van der Waals surface area contributed by atoms with Crippen LogP contribution in [0.3, 0.4) is 0 Å². The van der Waals surface area contributed by atoms with Crippen LogP contribution in [0.2, 0.25) is 0 Å². The quantitative estimate of drug-likeness (QED) is 0.775. The van der Waals surface area contributed by atoms with E-state index in [4.69, 9.17) is 14.2 Å². The third-order valence-corrected chi connectivity index (χ3v) is 2.76. The minimum Gasteiger partial charge on any atom is -0.478 e. The molecule has 0 saturated carbocycles. The van der Waals surface area contributed by atoms with Crippen molar-refractivity contribution < 1.29 is 14.2 Å². The molecular formula is C15H22N2O3. The molecule has 1 heterocycles. The van der Waals surface area contributed by atoms with E-state index in [0.717, 1.165) is 0 Å². The average molecular weight is 278 g/mol. The molecule has 0 amide bonds. The van der Waals surface area contributed by atoms with Gasteiger partial charge in [-0.1, -0.05) is 0 Å². The molecule has 5 nitrogen and oxygen atoms in total. The molecule has 0 aromatic rings. The summed E-state index contributed by atoms with van der Waals surface area (Å²) in [6, 6.07) is 2.16. The van der Waals surface area contributed by atoms with E-state index in [1.165, 1.54) is 0 Å². The molecule has 0 N–H and O–H groups in total. The Balaban J connectivity index is 3.24. The van der Waals surface area contributed by atoms with Crippen molar-refractivity contribution in [2.45, 2.75) is 39.7 Å². The monoisotopic (exact) mass is 278 g/mol. The Bertz CT molecular complexity index is 460. The molecule has 0 aromatic heterocycles. The summed E-state index contributed by atoms with van der Waals surface area (Å²) in [5.74, 6) is 0.739. The lowest BCUT2D eigenvalue weighted by Gasteiger charge is -2.27. The van der Waals surface area contributed by atoms with E-state index in [1.54, 1.807) is 6.08 Å². The Morgan fingerprint density at radius 2 is 1.95 bits per heavy atom. The fraction of sp³-hybridized carbons (Fsp3) is 0.600. The van der Waals surface area contributed by atoms with Crippen LogP contribution >= 0.6 is 0 Å². The first-order chi connectivity index (χ1) is 9.58. The first-order valence-electron chi connectivity index (χ1n) is 6.89. The maximum Gasteiger partial charge on any atom is 0.230 e. The summed E-state index contributed by atoms with van der Waals surface area (Å²) in [4.78, 5) is 4.28. The van der Waals surface area contributed by atoms with Gasteiger partial charge in [0.05, 0.1) is 24.4 Å². The molecule has 0 aromatic carbocycles. The fourth-order valence-electron chi connectivity index (χ4n) is 1.94. The van der Waals surface area contributed by atoms with Gasteiger partial charge in [-0.3, -0.25) is 0 Å². The van der Waals surface area contributed by atoms with E-state index in [1.807, 2.05) is 33.8 Å². The first-order valence-corrected chi connectivity index (χ1v) is 6.89. The normalized spacial score (nSPS) is 30.4. The van der Waals surface area contributed by atoms with Gasteiger partial charge in [-0.05, 0) is 39.8 Å². The third-order valence-electron chi connectivity index (χ3n) is 2.76. The van der Waals surface area contributed by atoms with Crippen molar-refractivity contribution in [3.05, 3.63) is 23.6 Å². The molecule has 0 saturated heterocycles. The van der Waals surface area contributed by atoms with E-state index >= 15 is 0 Å². The SMILES string of the molecule is CCOC1=C(\C#N)CC(C)(OCC)\C=C/C(OCC)=N\1. The second-order valence-electron chi connectivity index (χ2n) is 4.47. The van der Waals surface area contributed by atoms with E-state index < -0.39 is 5.60 Å². The summed E-state index contributed by atoms with van der Waals surface area (Å²) in [5.41, 5.74) is -0.107. The summed E-state index contributed by atoms with van der Waals surface area (Å²) in [7, 11) is 0. The molecule has 0 aliphatic carbocycles. The molecule has 1 rings (SSSR count). The van der Waals surface area contributed by atoms with Crippen LogP contribution in [-0.4, -0.2) is 31.3 Å². The topological polar surface area (TPSA) is 63.8 Å². The highest BCUT2D eigenvalue weighted by Gasteiger charge is 2.27. The molecular weight excluding hydrogens is 256 g/mol. The minimum absolute atomic E-state index is 0.314. The van der Waals surface area contributed by atoms with Crippen LogP contribution in [0.1, 0.15) is 34.1 Å². The summed E-state index contributed by atoms with van der Waals surface area (Å²) >= 11 is 0. The van der Waals surface area contributed by atoms with Crippen LogP contribution in [0.4, 0.5) is 0 Å². The molecule has 0 bridgehead atoms. The second-order valence-corrected chi connectivity index (χ2v) is 4.47. The van der Waals surface area contributed by atoms with Gasteiger partial charge in [0.15, 0.2) is 0 Å². The van der Waals surface area contributed by atoms with E-state index in [9.17, 15) is 5.26 Å². The average Bonchev–Trinajstić information content (AvgIpc) is 2.41. The smallest absolute Gasteiger partial charge is 0.230 e. The van der Waals surface area contributed by atoms with Gasteiger partial charge >= 0.3 is 0 Å². The maximum absolute atomic E-state index is 9.34. The number of nitrogens with zero attached hydrogens (tertiary/aromatic N) is 2. The Hall–Kier alpha value is -1.80. The summed E-state index contributed by atoms with van der Waals surface area (Å²) in [6.07, 6.45) is 4.07. The van der Waals surface area contributed by atoms with Gasteiger partial charge in [0.25, 0.3) is 0 Å². The number of aliphatic imine (C=N–C) groups is 1. The maximum atomic E-state index is 9.34. The van der Waals surface area contributed by atoms with Gasteiger partial charge in [0, 0.05) is 13.0 Å². The van der Waals surface area contributed by atoms with Crippen molar-refractivity contribution in [1.82, 2.24) is 0 Å². The van der Waals surface area contributed by atoms with Crippen LogP contribution < -0.4 is 0 Å².